The standard InChI is InChI=1S/C18H26BrN3O2/c1-18(20,14-2-4-15(19)5-3-14)17(23)22-10-8-21(9-11-22)16-6-12-24-13-7-16/h2-5,16H,6-13,20H2,1H3. The minimum atomic E-state index is -0.985. The highest BCUT2D eigenvalue weighted by Gasteiger charge is 2.36. The highest BCUT2D eigenvalue weighted by atomic mass is 79.9. The summed E-state index contributed by atoms with van der Waals surface area (Å²) in [6, 6.07) is 8.29. The van der Waals surface area contributed by atoms with Gasteiger partial charge in [0.1, 0.15) is 5.54 Å². The van der Waals surface area contributed by atoms with Crippen LogP contribution in [0, 0.1) is 0 Å². The molecule has 2 N–H and O–H groups in total. The normalized spacial score (nSPS) is 23.0. The van der Waals surface area contributed by atoms with Crippen molar-refractivity contribution < 1.29 is 9.53 Å². The minimum absolute atomic E-state index is 0.0106. The lowest BCUT2D eigenvalue weighted by Gasteiger charge is -2.42. The van der Waals surface area contributed by atoms with Crippen molar-refractivity contribution in [2.45, 2.75) is 31.3 Å². The van der Waals surface area contributed by atoms with Crippen LogP contribution in [0.3, 0.4) is 0 Å². The molecule has 0 radical (unpaired) electrons. The first-order chi connectivity index (χ1) is 11.5. The van der Waals surface area contributed by atoms with Crippen molar-refractivity contribution in [1.82, 2.24) is 9.80 Å². The molecule has 5 nitrogen and oxygen atoms in total. The molecule has 1 aromatic rings. The van der Waals surface area contributed by atoms with Crippen LogP contribution in [0.25, 0.3) is 0 Å². The molecule has 2 fully saturated rings. The fraction of sp³-hybridized carbons (Fsp3) is 0.611. The maximum atomic E-state index is 12.9. The van der Waals surface area contributed by atoms with E-state index in [0.29, 0.717) is 6.04 Å². The van der Waals surface area contributed by atoms with Gasteiger partial charge in [-0.15, -0.1) is 0 Å². The molecule has 0 aromatic heterocycles. The first-order valence-corrected chi connectivity index (χ1v) is 9.44. The van der Waals surface area contributed by atoms with Crippen molar-refractivity contribution in [3.63, 3.8) is 0 Å². The highest BCUT2D eigenvalue weighted by molar-refractivity contribution is 9.10. The number of carbonyl (C=O) groups is 1. The van der Waals surface area contributed by atoms with E-state index in [1.807, 2.05) is 36.1 Å². The van der Waals surface area contributed by atoms with Crippen LogP contribution in [0.4, 0.5) is 0 Å². The summed E-state index contributed by atoms with van der Waals surface area (Å²) >= 11 is 3.42. The van der Waals surface area contributed by atoms with E-state index in [0.717, 1.165) is 62.3 Å². The zero-order valence-corrected chi connectivity index (χ0v) is 15.8. The fourth-order valence-corrected chi connectivity index (χ4v) is 3.85. The van der Waals surface area contributed by atoms with Crippen molar-refractivity contribution in [2.75, 3.05) is 39.4 Å². The molecule has 24 heavy (non-hydrogen) atoms. The van der Waals surface area contributed by atoms with Crippen LogP contribution in [0.1, 0.15) is 25.3 Å². The molecule has 132 valence electrons. The van der Waals surface area contributed by atoms with Gasteiger partial charge in [-0.1, -0.05) is 28.1 Å². The maximum Gasteiger partial charge on any atom is 0.247 e. The summed E-state index contributed by atoms with van der Waals surface area (Å²) in [7, 11) is 0. The molecule has 0 spiro atoms. The monoisotopic (exact) mass is 395 g/mol. The predicted octanol–water partition coefficient (Wildman–Crippen LogP) is 1.95. The number of nitrogens with two attached hydrogens (primary N) is 1. The number of nitrogens with zero attached hydrogens (tertiary/aromatic N) is 2. The number of hydrogen-bond donors (Lipinski definition) is 1. The Morgan fingerprint density at radius 3 is 2.33 bits per heavy atom. The quantitative estimate of drug-likeness (QED) is 0.849. The van der Waals surface area contributed by atoms with Gasteiger partial charge in [-0.25, -0.2) is 0 Å². The van der Waals surface area contributed by atoms with E-state index in [4.69, 9.17) is 10.5 Å². The molecule has 1 atom stereocenters. The third kappa shape index (κ3) is 3.82. The van der Waals surface area contributed by atoms with Gasteiger partial charge in [0.05, 0.1) is 0 Å². The second kappa shape index (κ2) is 7.52. The van der Waals surface area contributed by atoms with Crippen molar-refractivity contribution in [3.8, 4) is 0 Å². The molecule has 2 heterocycles. The van der Waals surface area contributed by atoms with Gasteiger partial charge in [0, 0.05) is 49.9 Å². The summed E-state index contributed by atoms with van der Waals surface area (Å²) in [6.07, 6.45) is 2.20. The second-order valence-corrected chi connectivity index (χ2v) is 7.80. The van der Waals surface area contributed by atoms with E-state index in [1.165, 1.54) is 0 Å². The summed E-state index contributed by atoms with van der Waals surface area (Å²) in [4.78, 5) is 17.4. The zero-order chi connectivity index (χ0) is 17.2. The number of ether oxygens (including phenoxy) is 1. The Balaban J connectivity index is 1.60. The molecule has 1 unspecified atom stereocenters. The summed E-state index contributed by atoms with van der Waals surface area (Å²) < 4.78 is 6.43. The molecular weight excluding hydrogens is 370 g/mol. The largest absolute Gasteiger partial charge is 0.381 e. The third-order valence-electron chi connectivity index (χ3n) is 5.20. The molecule has 2 aliphatic rings. The number of carbonyl (C=O) groups excluding carboxylic acids is 1. The first-order valence-electron chi connectivity index (χ1n) is 8.64. The average molecular weight is 396 g/mol. The van der Waals surface area contributed by atoms with Crippen molar-refractivity contribution in [1.29, 1.82) is 0 Å². The van der Waals surface area contributed by atoms with Gasteiger partial charge >= 0.3 is 0 Å². The molecule has 1 amide bonds. The molecule has 6 heteroatoms. The Bertz CT molecular complexity index is 562. The van der Waals surface area contributed by atoms with Crippen LogP contribution in [0.2, 0.25) is 0 Å². The summed E-state index contributed by atoms with van der Waals surface area (Å²) in [5.41, 5.74) is 6.27. The molecule has 0 saturated carbocycles. The number of piperazine rings is 1. The Morgan fingerprint density at radius 2 is 1.75 bits per heavy atom. The van der Waals surface area contributed by atoms with Crippen LogP contribution in [0.5, 0.6) is 0 Å². The Morgan fingerprint density at radius 1 is 1.17 bits per heavy atom. The van der Waals surface area contributed by atoms with Crippen LogP contribution in [-0.4, -0.2) is 61.1 Å². The van der Waals surface area contributed by atoms with E-state index in [-0.39, 0.29) is 5.91 Å². The van der Waals surface area contributed by atoms with Gasteiger partial charge in [0.25, 0.3) is 0 Å². The van der Waals surface area contributed by atoms with Gasteiger partial charge < -0.3 is 15.4 Å². The van der Waals surface area contributed by atoms with Crippen LogP contribution < -0.4 is 5.73 Å². The second-order valence-electron chi connectivity index (χ2n) is 6.88. The minimum Gasteiger partial charge on any atom is -0.381 e. The maximum absolute atomic E-state index is 12.9. The molecular formula is C18H26BrN3O2. The van der Waals surface area contributed by atoms with E-state index in [1.54, 1.807) is 0 Å². The lowest BCUT2D eigenvalue weighted by Crippen LogP contribution is -2.58. The molecule has 3 rings (SSSR count). The van der Waals surface area contributed by atoms with Gasteiger partial charge in [-0.3, -0.25) is 9.69 Å². The van der Waals surface area contributed by atoms with Gasteiger partial charge in [-0.2, -0.15) is 0 Å². The van der Waals surface area contributed by atoms with Gasteiger partial charge in [0.15, 0.2) is 0 Å². The number of amides is 1. The summed E-state index contributed by atoms with van der Waals surface area (Å²) in [5, 5.41) is 0. The van der Waals surface area contributed by atoms with Gasteiger partial charge in [-0.05, 0) is 37.5 Å². The summed E-state index contributed by atoms with van der Waals surface area (Å²) in [6.45, 7) is 6.87. The number of rotatable bonds is 3. The SMILES string of the molecule is CC(N)(C(=O)N1CCN(C2CCOCC2)CC1)c1ccc(Br)cc1. The third-order valence-corrected chi connectivity index (χ3v) is 5.73. The van der Waals surface area contributed by atoms with E-state index in [9.17, 15) is 4.79 Å². The number of benzene rings is 1. The highest BCUT2D eigenvalue weighted by Crippen LogP contribution is 2.24. The topological polar surface area (TPSA) is 58.8 Å². The van der Waals surface area contributed by atoms with E-state index >= 15 is 0 Å². The summed E-state index contributed by atoms with van der Waals surface area (Å²) in [5.74, 6) is 0.0106. The Kier molecular flexibility index (Phi) is 5.59. The van der Waals surface area contributed by atoms with Crippen molar-refractivity contribution >= 4 is 21.8 Å². The first kappa shape index (κ1) is 17.9. The fourth-order valence-electron chi connectivity index (χ4n) is 3.59. The number of halogens is 1. The van der Waals surface area contributed by atoms with Crippen LogP contribution in [0.15, 0.2) is 28.7 Å². The Hall–Kier alpha value is -0.950. The zero-order valence-electron chi connectivity index (χ0n) is 14.2. The van der Waals surface area contributed by atoms with Crippen molar-refractivity contribution in [3.05, 3.63) is 34.3 Å². The predicted molar refractivity (Wildman–Crippen MR) is 97.7 cm³/mol. The molecule has 1 aromatic carbocycles. The number of hydrogen-bond acceptors (Lipinski definition) is 4. The molecule has 0 bridgehead atoms. The van der Waals surface area contributed by atoms with Crippen molar-refractivity contribution in [2.24, 2.45) is 5.73 Å². The van der Waals surface area contributed by atoms with E-state index < -0.39 is 5.54 Å². The van der Waals surface area contributed by atoms with Crippen LogP contribution in [-0.2, 0) is 15.1 Å². The lowest BCUT2D eigenvalue weighted by atomic mass is 9.91. The van der Waals surface area contributed by atoms with Crippen LogP contribution >= 0.6 is 15.9 Å². The average Bonchev–Trinajstić information content (AvgIpc) is 2.62. The van der Waals surface area contributed by atoms with E-state index in [2.05, 4.69) is 20.8 Å². The smallest absolute Gasteiger partial charge is 0.247 e. The molecule has 0 aliphatic carbocycles. The lowest BCUT2D eigenvalue weighted by molar-refractivity contribution is -0.139. The Labute approximate surface area is 152 Å². The van der Waals surface area contributed by atoms with Gasteiger partial charge in [0.2, 0.25) is 5.91 Å². The molecule has 2 aliphatic heterocycles. The molecule has 2 saturated heterocycles.